The maximum Gasteiger partial charge on any atom is 0.411 e. The van der Waals surface area contributed by atoms with Gasteiger partial charge in [0.1, 0.15) is 6.61 Å². The fourth-order valence-electron chi connectivity index (χ4n) is 3.92. The number of carbonyl (C=O) groups excluding carboxylic acids is 2. The number of aromatic nitrogens is 1. The summed E-state index contributed by atoms with van der Waals surface area (Å²) in [7, 11) is -3.96. The number of ether oxygens (including phenoxy) is 1. The summed E-state index contributed by atoms with van der Waals surface area (Å²) in [5.41, 5.74) is 0.880. The van der Waals surface area contributed by atoms with Gasteiger partial charge in [0.05, 0.1) is 9.77 Å². The third-order valence-corrected chi connectivity index (χ3v) is 8.55. The molecular weight excluding hydrogens is 526 g/mol. The van der Waals surface area contributed by atoms with Crippen molar-refractivity contribution in [2.24, 2.45) is 0 Å². The lowest BCUT2D eigenvalue weighted by Crippen LogP contribution is -2.45. The van der Waals surface area contributed by atoms with Gasteiger partial charge >= 0.3 is 6.09 Å². The molecule has 0 aliphatic carbocycles. The Hall–Kier alpha value is -3.48. The van der Waals surface area contributed by atoms with Crippen LogP contribution in [0.1, 0.15) is 26.3 Å². The molecule has 2 N–H and O–H groups in total. The van der Waals surface area contributed by atoms with E-state index in [1.165, 1.54) is 17.4 Å². The van der Waals surface area contributed by atoms with E-state index in [1.54, 1.807) is 44.0 Å². The van der Waals surface area contributed by atoms with Crippen molar-refractivity contribution in [2.75, 3.05) is 36.4 Å². The molecule has 38 heavy (non-hydrogen) atoms. The Kier molecular flexibility index (Phi) is 8.34. The second-order valence-electron chi connectivity index (χ2n) is 9.89. The quantitative estimate of drug-likeness (QED) is 0.403. The molecule has 2 aromatic carbocycles. The van der Waals surface area contributed by atoms with Crippen LogP contribution in [-0.4, -0.2) is 62.5 Å². The van der Waals surface area contributed by atoms with Gasteiger partial charge in [0.15, 0.2) is 5.13 Å². The van der Waals surface area contributed by atoms with E-state index in [-0.39, 0.29) is 17.2 Å². The third kappa shape index (κ3) is 7.09. The number of piperazine rings is 1. The predicted octanol–water partition coefficient (Wildman–Crippen LogP) is 3.91. The van der Waals surface area contributed by atoms with Gasteiger partial charge in [-0.25, -0.2) is 22.9 Å². The van der Waals surface area contributed by atoms with Crippen molar-refractivity contribution < 1.29 is 22.7 Å². The Morgan fingerprint density at radius 3 is 2.47 bits per heavy atom. The number of sulfonamides is 1. The monoisotopic (exact) mass is 557 g/mol. The second kappa shape index (κ2) is 11.5. The predicted molar refractivity (Wildman–Crippen MR) is 148 cm³/mol. The summed E-state index contributed by atoms with van der Waals surface area (Å²) in [5, 5.41) is 3.38. The molecule has 1 aliphatic rings. The van der Waals surface area contributed by atoms with Crippen molar-refractivity contribution in [3.63, 3.8) is 0 Å². The Morgan fingerprint density at radius 2 is 1.82 bits per heavy atom. The van der Waals surface area contributed by atoms with Crippen molar-refractivity contribution in [1.29, 1.82) is 0 Å². The topological polar surface area (TPSA) is 121 Å². The Labute approximate surface area is 226 Å². The van der Waals surface area contributed by atoms with Gasteiger partial charge in [0, 0.05) is 49.2 Å². The smallest absolute Gasteiger partial charge is 0.411 e. The minimum atomic E-state index is -3.96. The number of nitrogens with one attached hydrogen (secondary N) is 2. The standard InChI is InChI=1S/C26H31N5O5S2/c1-26(2,3)29-38(34,35)23-15-20(28-25(33)36-17-19-7-5-4-6-8-19)9-10-21(23)22-16-27-24(37-22)31-13-11-30(18-32)12-14-31/h4-10,15-16,18,29H,11-14,17H2,1-3H3,(H,28,33). The fraction of sp³-hybridized carbons (Fsp3) is 0.346. The van der Waals surface area contributed by atoms with Crippen LogP contribution in [0.4, 0.5) is 15.6 Å². The molecule has 10 nitrogen and oxygen atoms in total. The number of amides is 2. The Bertz CT molecular complexity index is 1380. The molecule has 4 rings (SSSR count). The summed E-state index contributed by atoms with van der Waals surface area (Å²) < 4.78 is 34.9. The molecule has 0 spiro atoms. The minimum absolute atomic E-state index is 0.0225. The first kappa shape index (κ1) is 27.6. The van der Waals surface area contributed by atoms with E-state index in [9.17, 15) is 18.0 Å². The van der Waals surface area contributed by atoms with Gasteiger partial charge in [0.2, 0.25) is 16.4 Å². The van der Waals surface area contributed by atoms with E-state index >= 15 is 0 Å². The molecule has 202 valence electrons. The molecule has 1 aromatic heterocycles. The second-order valence-corrected chi connectivity index (χ2v) is 12.5. The first-order valence-corrected chi connectivity index (χ1v) is 14.4. The number of nitrogens with zero attached hydrogens (tertiary/aromatic N) is 3. The van der Waals surface area contributed by atoms with E-state index in [2.05, 4.69) is 19.9 Å². The zero-order valence-electron chi connectivity index (χ0n) is 21.5. The highest BCUT2D eigenvalue weighted by Crippen LogP contribution is 2.37. The van der Waals surface area contributed by atoms with Crippen LogP contribution in [0.25, 0.3) is 10.4 Å². The molecule has 0 radical (unpaired) electrons. The first-order chi connectivity index (χ1) is 18.0. The number of anilines is 2. The van der Waals surface area contributed by atoms with E-state index in [0.717, 1.165) is 17.1 Å². The molecule has 1 aliphatic heterocycles. The van der Waals surface area contributed by atoms with Crippen LogP contribution in [0.3, 0.4) is 0 Å². The summed E-state index contributed by atoms with van der Waals surface area (Å²) in [5.74, 6) is 0. The summed E-state index contributed by atoms with van der Waals surface area (Å²) in [6.07, 6.45) is 1.80. The van der Waals surface area contributed by atoms with Crippen molar-refractivity contribution in [3.05, 3.63) is 60.3 Å². The van der Waals surface area contributed by atoms with E-state index in [0.29, 0.717) is 36.6 Å². The minimum Gasteiger partial charge on any atom is -0.444 e. The lowest BCUT2D eigenvalue weighted by molar-refractivity contribution is -0.118. The van der Waals surface area contributed by atoms with Gasteiger partial charge in [0.25, 0.3) is 0 Å². The maximum atomic E-state index is 13.4. The average Bonchev–Trinajstić information content (AvgIpc) is 3.37. The zero-order valence-corrected chi connectivity index (χ0v) is 23.1. The fourth-order valence-corrected chi connectivity index (χ4v) is 6.65. The molecule has 1 saturated heterocycles. The van der Waals surface area contributed by atoms with Gasteiger partial charge < -0.3 is 14.5 Å². The van der Waals surface area contributed by atoms with E-state index in [1.807, 2.05) is 30.3 Å². The average molecular weight is 558 g/mol. The Morgan fingerprint density at radius 1 is 1.11 bits per heavy atom. The number of carbonyl (C=O) groups is 2. The molecule has 0 unspecified atom stereocenters. The summed E-state index contributed by atoms with van der Waals surface area (Å²) >= 11 is 1.38. The van der Waals surface area contributed by atoms with Crippen LogP contribution in [0.5, 0.6) is 0 Å². The van der Waals surface area contributed by atoms with Gasteiger partial charge in [-0.3, -0.25) is 10.1 Å². The van der Waals surface area contributed by atoms with Crippen LogP contribution >= 0.6 is 11.3 Å². The SMILES string of the molecule is CC(C)(C)NS(=O)(=O)c1cc(NC(=O)OCc2ccccc2)ccc1-c1cnc(N2CCN(C=O)CC2)s1. The van der Waals surface area contributed by atoms with Gasteiger partial charge in [-0.2, -0.15) is 0 Å². The van der Waals surface area contributed by atoms with E-state index < -0.39 is 21.7 Å². The van der Waals surface area contributed by atoms with Crippen LogP contribution < -0.4 is 14.9 Å². The highest BCUT2D eigenvalue weighted by atomic mass is 32.2. The molecule has 2 heterocycles. The first-order valence-electron chi connectivity index (χ1n) is 12.1. The molecular formula is C26H31N5O5S2. The summed E-state index contributed by atoms with van der Waals surface area (Å²) in [6, 6.07) is 14.0. The highest BCUT2D eigenvalue weighted by molar-refractivity contribution is 7.89. The number of benzene rings is 2. The van der Waals surface area contributed by atoms with Crippen molar-refractivity contribution in [1.82, 2.24) is 14.6 Å². The number of hydrogen-bond acceptors (Lipinski definition) is 8. The molecule has 3 aromatic rings. The highest BCUT2D eigenvalue weighted by Gasteiger charge is 2.27. The van der Waals surface area contributed by atoms with E-state index in [4.69, 9.17) is 4.74 Å². The van der Waals surface area contributed by atoms with Crippen LogP contribution in [0, 0.1) is 0 Å². The number of thiazole rings is 1. The van der Waals surface area contributed by atoms with Gasteiger partial charge in [-0.15, -0.1) is 0 Å². The number of hydrogen-bond donors (Lipinski definition) is 2. The molecule has 0 atom stereocenters. The van der Waals surface area contributed by atoms with Crippen molar-refractivity contribution in [3.8, 4) is 10.4 Å². The molecule has 2 amide bonds. The van der Waals surface area contributed by atoms with Crippen molar-refractivity contribution in [2.45, 2.75) is 37.8 Å². The number of rotatable bonds is 8. The molecule has 0 bridgehead atoms. The van der Waals surface area contributed by atoms with Gasteiger partial charge in [-0.05, 0) is 38.5 Å². The zero-order chi connectivity index (χ0) is 27.3. The lowest BCUT2D eigenvalue weighted by Gasteiger charge is -2.32. The summed E-state index contributed by atoms with van der Waals surface area (Å²) in [6.45, 7) is 7.88. The Balaban J connectivity index is 1.59. The third-order valence-electron chi connectivity index (χ3n) is 5.66. The van der Waals surface area contributed by atoms with Crippen LogP contribution in [0.2, 0.25) is 0 Å². The lowest BCUT2D eigenvalue weighted by atomic mass is 10.1. The normalized spacial score (nSPS) is 14.3. The van der Waals surface area contributed by atoms with Crippen LogP contribution in [-0.2, 0) is 26.2 Å². The van der Waals surface area contributed by atoms with Crippen molar-refractivity contribution >= 4 is 44.7 Å². The largest absolute Gasteiger partial charge is 0.444 e. The summed E-state index contributed by atoms with van der Waals surface area (Å²) in [4.78, 5) is 32.4. The maximum absolute atomic E-state index is 13.4. The molecule has 12 heteroatoms. The molecule has 0 saturated carbocycles. The molecule has 1 fully saturated rings. The van der Waals surface area contributed by atoms with Crippen LogP contribution in [0.15, 0.2) is 59.6 Å². The van der Waals surface area contributed by atoms with Gasteiger partial charge in [-0.1, -0.05) is 47.7 Å².